The number of aryl methyl sites for hydroxylation is 3. The SMILES string of the molecule is Cc1ccc(Cn2c(C)c(Br)c(=O)c(C(=O)Nc3c(C)cccc3C)c2C)cc1. The van der Waals surface area contributed by atoms with E-state index in [0.717, 1.165) is 28.1 Å². The molecule has 0 aliphatic rings. The van der Waals surface area contributed by atoms with Gasteiger partial charge in [-0.05, 0) is 67.2 Å². The van der Waals surface area contributed by atoms with Crippen LogP contribution in [-0.2, 0) is 6.54 Å². The second kappa shape index (κ2) is 8.37. The van der Waals surface area contributed by atoms with E-state index in [4.69, 9.17) is 0 Å². The van der Waals surface area contributed by atoms with E-state index in [1.54, 1.807) is 0 Å². The number of benzene rings is 2. The van der Waals surface area contributed by atoms with Crippen LogP contribution in [-0.4, -0.2) is 10.5 Å². The molecule has 1 heterocycles. The van der Waals surface area contributed by atoms with Gasteiger partial charge >= 0.3 is 0 Å². The maximum absolute atomic E-state index is 13.1. The maximum atomic E-state index is 13.1. The van der Waals surface area contributed by atoms with Crippen molar-refractivity contribution in [1.82, 2.24) is 4.57 Å². The Balaban J connectivity index is 2.07. The first-order chi connectivity index (χ1) is 13.7. The minimum atomic E-state index is -0.386. The highest BCUT2D eigenvalue weighted by molar-refractivity contribution is 9.10. The molecular formula is C24H25BrN2O2. The summed E-state index contributed by atoms with van der Waals surface area (Å²) in [7, 11) is 0. The lowest BCUT2D eigenvalue weighted by molar-refractivity contribution is 0.102. The lowest BCUT2D eigenvalue weighted by Crippen LogP contribution is -2.29. The number of halogens is 1. The summed E-state index contributed by atoms with van der Waals surface area (Å²) in [6, 6.07) is 14.1. The van der Waals surface area contributed by atoms with Gasteiger partial charge in [-0.3, -0.25) is 9.59 Å². The molecule has 2 aromatic carbocycles. The average Bonchev–Trinajstić information content (AvgIpc) is 2.68. The Labute approximate surface area is 179 Å². The zero-order chi connectivity index (χ0) is 21.3. The number of rotatable bonds is 4. The number of amides is 1. The van der Waals surface area contributed by atoms with Crippen LogP contribution in [0.25, 0.3) is 0 Å². The smallest absolute Gasteiger partial charge is 0.261 e. The number of hydrogen-bond donors (Lipinski definition) is 1. The number of para-hydroxylation sites is 1. The summed E-state index contributed by atoms with van der Waals surface area (Å²) in [5.74, 6) is -0.386. The van der Waals surface area contributed by atoms with Crippen molar-refractivity contribution in [3.8, 4) is 0 Å². The standard InChI is InChI=1S/C24H25BrN2O2/c1-14-9-11-19(12-10-14)13-27-17(4)20(23(28)21(25)18(27)5)24(29)26-22-15(2)7-6-8-16(22)3/h6-12H,13H2,1-5H3,(H,26,29). The molecular weight excluding hydrogens is 428 g/mol. The van der Waals surface area contributed by atoms with E-state index in [1.165, 1.54) is 5.56 Å². The molecule has 29 heavy (non-hydrogen) atoms. The van der Waals surface area contributed by atoms with E-state index in [0.29, 0.717) is 16.7 Å². The molecule has 150 valence electrons. The van der Waals surface area contributed by atoms with Crippen LogP contribution >= 0.6 is 15.9 Å². The number of carbonyl (C=O) groups excluding carboxylic acids is 1. The van der Waals surface area contributed by atoms with Crippen LogP contribution in [0.15, 0.2) is 51.7 Å². The third-order valence-corrected chi connectivity index (χ3v) is 6.26. The Kier molecular flexibility index (Phi) is 6.08. The fraction of sp³-hybridized carbons (Fsp3) is 0.250. The van der Waals surface area contributed by atoms with Crippen LogP contribution in [0.3, 0.4) is 0 Å². The Hall–Kier alpha value is -2.66. The lowest BCUT2D eigenvalue weighted by Gasteiger charge is -2.20. The number of nitrogens with zero attached hydrogens (tertiary/aromatic N) is 1. The summed E-state index contributed by atoms with van der Waals surface area (Å²) in [5, 5.41) is 2.95. The summed E-state index contributed by atoms with van der Waals surface area (Å²) < 4.78 is 2.43. The average molecular weight is 453 g/mol. The summed E-state index contributed by atoms with van der Waals surface area (Å²) >= 11 is 3.41. The summed E-state index contributed by atoms with van der Waals surface area (Å²) in [6.07, 6.45) is 0. The third kappa shape index (κ3) is 4.20. The number of aromatic nitrogens is 1. The zero-order valence-electron chi connectivity index (χ0n) is 17.4. The van der Waals surface area contributed by atoms with Gasteiger partial charge in [0, 0.05) is 23.6 Å². The van der Waals surface area contributed by atoms with Gasteiger partial charge in [-0.15, -0.1) is 0 Å². The van der Waals surface area contributed by atoms with Crippen LogP contribution in [0.1, 0.15) is 44.0 Å². The Bertz CT molecular complexity index is 1120. The van der Waals surface area contributed by atoms with Gasteiger partial charge < -0.3 is 9.88 Å². The van der Waals surface area contributed by atoms with Crippen LogP contribution in [0.4, 0.5) is 5.69 Å². The topological polar surface area (TPSA) is 51.1 Å². The number of hydrogen-bond acceptors (Lipinski definition) is 2. The van der Waals surface area contributed by atoms with E-state index in [-0.39, 0.29) is 16.9 Å². The predicted molar refractivity (Wildman–Crippen MR) is 122 cm³/mol. The second-order valence-electron chi connectivity index (χ2n) is 7.48. The number of carbonyl (C=O) groups is 1. The van der Waals surface area contributed by atoms with Crippen molar-refractivity contribution in [2.75, 3.05) is 5.32 Å². The first-order valence-electron chi connectivity index (χ1n) is 9.53. The Morgan fingerprint density at radius 3 is 2.10 bits per heavy atom. The molecule has 4 nitrogen and oxygen atoms in total. The molecule has 1 aromatic heterocycles. The maximum Gasteiger partial charge on any atom is 0.261 e. The summed E-state index contributed by atoms with van der Waals surface area (Å²) in [6.45, 7) is 10.2. The Morgan fingerprint density at radius 2 is 1.52 bits per heavy atom. The third-order valence-electron chi connectivity index (χ3n) is 5.32. The number of anilines is 1. The molecule has 1 N–H and O–H groups in total. The molecule has 0 spiro atoms. The van der Waals surface area contributed by atoms with Crippen molar-refractivity contribution in [2.24, 2.45) is 0 Å². The molecule has 0 aliphatic carbocycles. The van der Waals surface area contributed by atoms with Crippen LogP contribution in [0.2, 0.25) is 0 Å². The fourth-order valence-corrected chi connectivity index (χ4v) is 3.92. The van der Waals surface area contributed by atoms with Gasteiger partial charge in [0.15, 0.2) is 0 Å². The van der Waals surface area contributed by atoms with Gasteiger partial charge in [-0.2, -0.15) is 0 Å². The fourth-order valence-electron chi connectivity index (χ4n) is 3.51. The molecule has 0 bridgehead atoms. The summed E-state index contributed by atoms with van der Waals surface area (Å²) in [5.41, 5.74) is 6.30. The van der Waals surface area contributed by atoms with Crippen molar-refractivity contribution in [2.45, 2.75) is 41.2 Å². The van der Waals surface area contributed by atoms with Crippen LogP contribution in [0.5, 0.6) is 0 Å². The van der Waals surface area contributed by atoms with E-state index in [2.05, 4.69) is 45.5 Å². The van der Waals surface area contributed by atoms with Crippen molar-refractivity contribution in [1.29, 1.82) is 0 Å². The highest BCUT2D eigenvalue weighted by Gasteiger charge is 2.22. The molecule has 0 unspecified atom stereocenters. The molecule has 0 saturated heterocycles. The van der Waals surface area contributed by atoms with Crippen LogP contribution in [0, 0.1) is 34.6 Å². The van der Waals surface area contributed by atoms with Gasteiger partial charge in [0.05, 0.1) is 4.47 Å². The van der Waals surface area contributed by atoms with E-state index in [1.807, 2.05) is 57.4 Å². The monoisotopic (exact) mass is 452 g/mol. The van der Waals surface area contributed by atoms with Crippen molar-refractivity contribution in [3.63, 3.8) is 0 Å². The van der Waals surface area contributed by atoms with E-state index in [9.17, 15) is 9.59 Å². The minimum Gasteiger partial charge on any atom is -0.343 e. The summed E-state index contributed by atoms with van der Waals surface area (Å²) in [4.78, 5) is 26.1. The first-order valence-corrected chi connectivity index (χ1v) is 10.3. The number of nitrogens with one attached hydrogen (secondary N) is 1. The van der Waals surface area contributed by atoms with E-state index < -0.39 is 0 Å². The molecule has 0 saturated carbocycles. The first kappa shape index (κ1) is 21.1. The van der Waals surface area contributed by atoms with E-state index >= 15 is 0 Å². The zero-order valence-corrected chi connectivity index (χ0v) is 19.0. The molecule has 0 fully saturated rings. The van der Waals surface area contributed by atoms with Crippen LogP contribution < -0.4 is 10.7 Å². The van der Waals surface area contributed by atoms with Crippen molar-refractivity contribution >= 4 is 27.5 Å². The van der Waals surface area contributed by atoms with Gasteiger partial charge in [0.2, 0.25) is 5.43 Å². The minimum absolute atomic E-state index is 0.164. The highest BCUT2D eigenvalue weighted by Crippen LogP contribution is 2.23. The molecule has 1 amide bonds. The molecule has 3 rings (SSSR count). The van der Waals surface area contributed by atoms with Crippen molar-refractivity contribution < 1.29 is 4.79 Å². The molecule has 5 heteroatoms. The molecule has 0 atom stereocenters. The second-order valence-corrected chi connectivity index (χ2v) is 8.27. The quantitative estimate of drug-likeness (QED) is 0.571. The lowest BCUT2D eigenvalue weighted by atomic mass is 10.1. The van der Waals surface area contributed by atoms with Gasteiger partial charge in [-0.1, -0.05) is 48.0 Å². The van der Waals surface area contributed by atoms with Crippen molar-refractivity contribution in [3.05, 3.63) is 96.4 Å². The predicted octanol–water partition coefficient (Wildman–Crippen LogP) is 5.45. The Morgan fingerprint density at radius 1 is 0.931 bits per heavy atom. The largest absolute Gasteiger partial charge is 0.343 e. The highest BCUT2D eigenvalue weighted by atomic mass is 79.9. The van der Waals surface area contributed by atoms with Gasteiger partial charge in [0.25, 0.3) is 5.91 Å². The van der Waals surface area contributed by atoms with Gasteiger partial charge in [0.1, 0.15) is 5.56 Å². The van der Waals surface area contributed by atoms with Gasteiger partial charge in [-0.25, -0.2) is 0 Å². The molecule has 3 aromatic rings. The number of pyridine rings is 1. The molecule has 0 radical (unpaired) electrons. The molecule has 0 aliphatic heterocycles. The normalized spacial score (nSPS) is 10.8.